The molecule has 0 bridgehead atoms. The molecule has 3 fully saturated rings. The SMILES string of the molecule is OCC1(CN2CCOC3(CCC3)C2)COC1. The van der Waals surface area contributed by atoms with Gasteiger partial charge in [-0.15, -0.1) is 0 Å². The molecule has 0 radical (unpaired) electrons. The highest BCUT2D eigenvalue weighted by atomic mass is 16.5. The highest BCUT2D eigenvalue weighted by molar-refractivity contribution is 4.97. The minimum atomic E-state index is 0.0161. The van der Waals surface area contributed by atoms with Crippen molar-refractivity contribution < 1.29 is 14.6 Å². The second-order valence-electron chi connectivity index (χ2n) is 5.75. The number of ether oxygens (including phenoxy) is 2. The van der Waals surface area contributed by atoms with E-state index in [9.17, 15) is 5.11 Å². The van der Waals surface area contributed by atoms with Crippen molar-refractivity contribution in [1.29, 1.82) is 0 Å². The summed E-state index contributed by atoms with van der Waals surface area (Å²) in [4.78, 5) is 2.46. The fourth-order valence-corrected chi connectivity index (χ4v) is 3.03. The van der Waals surface area contributed by atoms with Crippen molar-refractivity contribution in [3.63, 3.8) is 0 Å². The van der Waals surface area contributed by atoms with Crippen LogP contribution in [0.3, 0.4) is 0 Å². The Kier molecular flexibility index (Phi) is 2.70. The Hall–Kier alpha value is -0.160. The minimum absolute atomic E-state index is 0.0161. The number of morpholine rings is 1. The maximum atomic E-state index is 9.43. The first kappa shape index (κ1) is 11.0. The zero-order chi connectivity index (χ0) is 11.1. The molecule has 1 N–H and O–H groups in total. The van der Waals surface area contributed by atoms with Crippen LogP contribution in [-0.4, -0.2) is 61.7 Å². The number of hydrogen-bond acceptors (Lipinski definition) is 4. The molecule has 4 nitrogen and oxygen atoms in total. The third kappa shape index (κ3) is 1.78. The summed E-state index contributed by atoms with van der Waals surface area (Å²) in [5.74, 6) is 0. The second-order valence-corrected chi connectivity index (χ2v) is 5.75. The Morgan fingerprint density at radius 3 is 2.56 bits per heavy atom. The van der Waals surface area contributed by atoms with Crippen molar-refractivity contribution in [2.75, 3.05) is 46.1 Å². The van der Waals surface area contributed by atoms with E-state index in [0.29, 0.717) is 13.2 Å². The van der Waals surface area contributed by atoms with E-state index in [1.165, 1.54) is 19.3 Å². The molecular weight excluding hydrogens is 206 g/mol. The zero-order valence-electron chi connectivity index (χ0n) is 9.78. The van der Waals surface area contributed by atoms with E-state index in [1.807, 2.05) is 0 Å². The maximum absolute atomic E-state index is 9.43. The average Bonchev–Trinajstić information content (AvgIpc) is 2.22. The van der Waals surface area contributed by atoms with Gasteiger partial charge in [0.25, 0.3) is 0 Å². The highest BCUT2D eigenvalue weighted by Gasteiger charge is 2.45. The van der Waals surface area contributed by atoms with Gasteiger partial charge < -0.3 is 14.6 Å². The molecule has 4 heteroatoms. The van der Waals surface area contributed by atoms with Crippen LogP contribution in [0.1, 0.15) is 19.3 Å². The van der Waals surface area contributed by atoms with E-state index >= 15 is 0 Å². The maximum Gasteiger partial charge on any atom is 0.0809 e. The second kappa shape index (κ2) is 3.95. The van der Waals surface area contributed by atoms with E-state index in [2.05, 4.69) is 4.90 Å². The first-order valence-corrected chi connectivity index (χ1v) is 6.31. The molecule has 0 atom stereocenters. The third-order valence-corrected chi connectivity index (χ3v) is 4.30. The van der Waals surface area contributed by atoms with Gasteiger partial charge in [-0.25, -0.2) is 0 Å². The monoisotopic (exact) mass is 227 g/mol. The molecular formula is C12H21NO3. The fourth-order valence-electron chi connectivity index (χ4n) is 3.03. The molecule has 16 heavy (non-hydrogen) atoms. The summed E-state index contributed by atoms with van der Waals surface area (Å²) in [7, 11) is 0. The molecule has 3 aliphatic rings. The molecule has 1 aliphatic carbocycles. The van der Waals surface area contributed by atoms with E-state index < -0.39 is 0 Å². The van der Waals surface area contributed by atoms with Crippen molar-refractivity contribution in [2.45, 2.75) is 24.9 Å². The van der Waals surface area contributed by atoms with E-state index in [0.717, 1.165) is 26.2 Å². The lowest BCUT2D eigenvalue weighted by atomic mass is 9.78. The van der Waals surface area contributed by atoms with Gasteiger partial charge in [-0.2, -0.15) is 0 Å². The van der Waals surface area contributed by atoms with Crippen LogP contribution in [0.15, 0.2) is 0 Å². The van der Waals surface area contributed by atoms with Gasteiger partial charge in [-0.3, -0.25) is 4.90 Å². The highest BCUT2D eigenvalue weighted by Crippen LogP contribution is 2.39. The predicted molar refractivity (Wildman–Crippen MR) is 59.3 cm³/mol. The lowest BCUT2D eigenvalue weighted by Crippen LogP contribution is -2.60. The number of aliphatic hydroxyl groups excluding tert-OH is 1. The normalized spacial score (nSPS) is 32.1. The Labute approximate surface area is 96.5 Å². The standard InChI is InChI=1S/C12H21NO3/c14-8-11(9-15-10-11)6-13-4-5-16-12(7-13)2-1-3-12/h14H,1-10H2. The quantitative estimate of drug-likeness (QED) is 0.750. The lowest BCUT2D eigenvalue weighted by Gasteiger charge is -2.51. The van der Waals surface area contributed by atoms with Gasteiger partial charge in [-0.05, 0) is 19.3 Å². The van der Waals surface area contributed by atoms with Crippen molar-refractivity contribution in [1.82, 2.24) is 4.90 Å². The summed E-state index contributed by atoms with van der Waals surface area (Å²) in [5.41, 5.74) is 0.182. The third-order valence-electron chi connectivity index (χ3n) is 4.30. The van der Waals surface area contributed by atoms with Crippen LogP contribution in [-0.2, 0) is 9.47 Å². The van der Waals surface area contributed by atoms with Crippen LogP contribution < -0.4 is 0 Å². The van der Waals surface area contributed by atoms with Crippen molar-refractivity contribution in [3.8, 4) is 0 Å². The summed E-state index contributed by atoms with van der Waals surface area (Å²) in [5, 5.41) is 9.43. The number of hydrogen-bond donors (Lipinski definition) is 1. The van der Waals surface area contributed by atoms with Crippen LogP contribution >= 0.6 is 0 Å². The molecule has 2 saturated heterocycles. The van der Waals surface area contributed by atoms with Crippen LogP contribution in [0.5, 0.6) is 0 Å². The molecule has 2 aliphatic heterocycles. The molecule has 1 saturated carbocycles. The van der Waals surface area contributed by atoms with Gasteiger partial charge in [0.15, 0.2) is 0 Å². The number of rotatable bonds is 3. The molecule has 0 unspecified atom stereocenters. The predicted octanol–water partition coefficient (Wildman–Crippen LogP) is 0.250. The zero-order valence-corrected chi connectivity index (χ0v) is 9.78. The van der Waals surface area contributed by atoms with E-state index in [4.69, 9.17) is 9.47 Å². The van der Waals surface area contributed by atoms with Crippen LogP contribution in [0, 0.1) is 5.41 Å². The van der Waals surface area contributed by atoms with Gasteiger partial charge in [0.1, 0.15) is 0 Å². The molecule has 1 spiro atoms. The topological polar surface area (TPSA) is 41.9 Å². The van der Waals surface area contributed by atoms with Crippen LogP contribution in [0.4, 0.5) is 0 Å². The number of nitrogens with zero attached hydrogens (tertiary/aromatic N) is 1. The van der Waals surface area contributed by atoms with E-state index in [-0.39, 0.29) is 17.6 Å². The van der Waals surface area contributed by atoms with Crippen molar-refractivity contribution in [3.05, 3.63) is 0 Å². The summed E-state index contributed by atoms with van der Waals surface area (Å²) < 4.78 is 11.1. The first-order valence-electron chi connectivity index (χ1n) is 6.31. The Balaban J connectivity index is 1.58. The van der Waals surface area contributed by atoms with Gasteiger partial charge in [0.05, 0.1) is 37.4 Å². The van der Waals surface area contributed by atoms with E-state index in [1.54, 1.807) is 0 Å². The summed E-state index contributed by atoms with van der Waals surface area (Å²) in [6.07, 6.45) is 3.74. The molecule has 0 aromatic heterocycles. The Morgan fingerprint density at radius 1 is 1.25 bits per heavy atom. The average molecular weight is 227 g/mol. The Bertz CT molecular complexity index is 255. The molecule has 2 heterocycles. The smallest absolute Gasteiger partial charge is 0.0809 e. The number of aliphatic hydroxyl groups is 1. The Morgan fingerprint density at radius 2 is 2.06 bits per heavy atom. The van der Waals surface area contributed by atoms with Crippen molar-refractivity contribution in [2.24, 2.45) is 5.41 Å². The first-order chi connectivity index (χ1) is 7.76. The minimum Gasteiger partial charge on any atom is -0.396 e. The molecule has 3 rings (SSSR count). The molecule has 92 valence electrons. The van der Waals surface area contributed by atoms with Crippen LogP contribution in [0.25, 0.3) is 0 Å². The van der Waals surface area contributed by atoms with Gasteiger partial charge in [0, 0.05) is 19.6 Å². The fraction of sp³-hybridized carbons (Fsp3) is 1.00. The summed E-state index contributed by atoms with van der Waals surface area (Å²) in [6, 6.07) is 0. The summed E-state index contributed by atoms with van der Waals surface area (Å²) >= 11 is 0. The van der Waals surface area contributed by atoms with Gasteiger partial charge >= 0.3 is 0 Å². The lowest BCUT2D eigenvalue weighted by molar-refractivity contribution is -0.186. The molecule has 0 aromatic carbocycles. The van der Waals surface area contributed by atoms with Crippen LogP contribution in [0.2, 0.25) is 0 Å². The van der Waals surface area contributed by atoms with Gasteiger partial charge in [-0.1, -0.05) is 0 Å². The van der Waals surface area contributed by atoms with Gasteiger partial charge in [0.2, 0.25) is 0 Å². The molecule has 0 aromatic rings. The van der Waals surface area contributed by atoms with Crippen molar-refractivity contribution >= 4 is 0 Å². The summed E-state index contributed by atoms with van der Waals surface area (Å²) in [6.45, 7) is 5.55. The largest absolute Gasteiger partial charge is 0.396 e. The molecule has 0 amide bonds.